The van der Waals surface area contributed by atoms with Gasteiger partial charge in [0.1, 0.15) is 5.02 Å². The number of nitrogens with one attached hydrogen (secondary N) is 1. The molecule has 2 aromatic rings. The molecule has 0 saturated carbocycles. The number of aryl methyl sites for hydroxylation is 1. The van der Waals surface area contributed by atoms with E-state index in [-0.39, 0.29) is 34.6 Å². The predicted molar refractivity (Wildman–Crippen MR) is 122 cm³/mol. The summed E-state index contributed by atoms with van der Waals surface area (Å²) in [5.74, 6) is -0.851. The minimum Gasteiger partial charge on any atom is -0.351 e. The molecular formula is C20H16ClN3O5S2. The van der Waals surface area contributed by atoms with Gasteiger partial charge in [0, 0.05) is 30.1 Å². The van der Waals surface area contributed by atoms with Crippen molar-refractivity contribution in [2.24, 2.45) is 0 Å². The van der Waals surface area contributed by atoms with Crippen LogP contribution in [0.2, 0.25) is 5.02 Å². The van der Waals surface area contributed by atoms with E-state index in [0.29, 0.717) is 5.56 Å². The Balaban J connectivity index is 1.59. The van der Waals surface area contributed by atoms with E-state index < -0.39 is 16.1 Å². The van der Waals surface area contributed by atoms with Gasteiger partial charge in [-0.25, -0.2) is 0 Å². The molecule has 0 unspecified atom stereocenters. The fourth-order valence-electron chi connectivity index (χ4n) is 2.66. The lowest BCUT2D eigenvalue weighted by molar-refractivity contribution is -0.384. The quantitative estimate of drug-likeness (QED) is 0.357. The Kier molecular flexibility index (Phi) is 7.26. The molecule has 1 N–H and O–H groups in total. The molecule has 1 aromatic carbocycles. The van der Waals surface area contributed by atoms with Crippen LogP contribution in [0.1, 0.15) is 16.0 Å². The maximum atomic E-state index is 12.5. The molecule has 3 rings (SSSR count). The maximum Gasteiger partial charge on any atom is 0.293 e. The van der Waals surface area contributed by atoms with Crippen LogP contribution in [0.3, 0.4) is 0 Å². The topological polar surface area (TPSA) is 110 Å². The van der Waals surface area contributed by atoms with Gasteiger partial charge in [0.25, 0.3) is 16.8 Å². The normalized spacial score (nSPS) is 15.3. The highest BCUT2D eigenvalue weighted by Gasteiger charge is 2.34. The maximum absolute atomic E-state index is 12.5. The third-order valence-corrected chi connectivity index (χ3v) is 6.47. The van der Waals surface area contributed by atoms with E-state index in [1.165, 1.54) is 41.7 Å². The van der Waals surface area contributed by atoms with Crippen molar-refractivity contribution in [3.8, 4) is 0 Å². The minimum absolute atomic E-state index is 0.0143. The van der Waals surface area contributed by atoms with Crippen LogP contribution in [0.5, 0.6) is 0 Å². The number of halogens is 1. The van der Waals surface area contributed by atoms with Crippen LogP contribution >= 0.6 is 34.7 Å². The molecule has 8 nitrogen and oxygen atoms in total. The van der Waals surface area contributed by atoms with E-state index in [1.54, 1.807) is 6.08 Å². The number of hydrogen-bond acceptors (Lipinski definition) is 7. The number of thiophene rings is 1. The van der Waals surface area contributed by atoms with Crippen LogP contribution in [-0.2, 0) is 9.59 Å². The van der Waals surface area contributed by atoms with Gasteiger partial charge < -0.3 is 5.32 Å². The molecule has 160 valence electrons. The Morgan fingerprint density at radius 3 is 2.77 bits per heavy atom. The molecular weight excluding hydrogens is 462 g/mol. The summed E-state index contributed by atoms with van der Waals surface area (Å²) >= 11 is 8.05. The lowest BCUT2D eigenvalue weighted by atomic mass is 10.2. The zero-order valence-corrected chi connectivity index (χ0v) is 18.6. The summed E-state index contributed by atoms with van der Waals surface area (Å²) in [6.07, 6.45) is 4.52. The Bertz CT molecular complexity index is 1130. The van der Waals surface area contributed by atoms with Gasteiger partial charge in [-0.15, -0.1) is 11.3 Å². The van der Waals surface area contributed by atoms with E-state index in [2.05, 4.69) is 5.32 Å². The highest BCUT2D eigenvalue weighted by atomic mass is 35.5. The first-order valence-corrected chi connectivity index (χ1v) is 11.0. The van der Waals surface area contributed by atoms with Gasteiger partial charge in [-0.1, -0.05) is 17.7 Å². The number of benzene rings is 1. The molecule has 0 spiro atoms. The SMILES string of the molecule is Cc1ccsc1/C=C/C(=O)NCCN1C(=O)S/C(=C\c2ccc(Cl)c([N+](=O)[O-])c2)C1=O. The molecule has 1 aliphatic rings. The fourth-order valence-corrected chi connectivity index (χ4v) is 4.53. The van der Waals surface area contributed by atoms with Crippen molar-refractivity contribution in [2.75, 3.05) is 13.1 Å². The molecule has 1 fully saturated rings. The average molecular weight is 478 g/mol. The van der Waals surface area contributed by atoms with Crippen molar-refractivity contribution in [3.63, 3.8) is 0 Å². The van der Waals surface area contributed by atoms with Gasteiger partial charge in [0.2, 0.25) is 5.91 Å². The second-order valence-electron chi connectivity index (χ2n) is 6.39. The third-order valence-electron chi connectivity index (χ3n) is 4.26. The zero-order chi connectivity index (χ0) is 22.5. The van der Waals surface area contributed by atoms with E-state index in [1.807, 2.05) is 18.4 Å². The standard InChI is InChI=1S/C20H16ClN3O5S2/c1-12-6-9-30-16(12)4-5-18(25)22-7-8-23-19(26)17(31-20(23)27)11-13-2-3-14(21)15(10-13)24(28)29/h2-6,9-11H,7-8H2,1H3,(H,22,25)/b5-4+,17-11-. The Morgan fingerprint density at radius 2 is 2.10 bits per heavy atom. The lowest BCUT2D eigenvalue weighted by Gasteiger charge is -2.12. The van der Waals surface area contributed by atoms with Crippen LogP contribution in [0.15, 0.2) is 40.6 Å². The fraction of sp³-hybridized carbons (Fsp3) is 0.150. The number of nitro benzene ring substituents is 1. The highest BCUT2D eigenvalue weighted by molar-refractivity contribution is 8.18. The first-order chi connectivity index (χ1) is 14.8. The van der Waals surface area contributed by atoms with Gasteiger partial charge >= 0.3 is 0 Å². The Hall–Kier alpha value is -2.95. The number of carbonyl (C=O) groups is 3. The number of carbonyl (C=O) groups excluding carboxylic acids is 3. The van der Waals surface area contributed by atoms with E-state index >= 15 is 0 Å². The van der Waals surface area contributed by atoms with Crippen molar-refractivity contribution in [1.29, 1.82) is 0 Å². The summed E-state index contributed by atoms with van der Waals surface area (Å²) in [5.41, 5.74) is 1.16. The number of rotatable bonds is 7. The van der Waals surface area contributed by atoms with Gasteiger partial charge in [-0.2, -0.15) is 0 Å². The number of hydrogen-bond donors (Lipinski definition) is 1. The molecule has 0 atom stereocenters. The second kappa shape index (κ2) is 9.90. The summed E-state index contributed by atoms with van der Waals surface area (Å²) in [6, 6.07) is 6.07. The number of nitro groups is 1. The Labute approximate surface area is 190 Å². The van der Waals surface area contributed by atoms with E-state index in [9.17, 15) is 24.5 Å². The largest absolute Gasteiger partial charge is 0.351 e. The second-order valence-corrected chi connectivity index (χ2v) is 8.74. The van der Waals surface area contributed by atoms with Gasteiger partial charge in [0.15, 0.2) is 0 Å². The number of thioether (sulfide) groups is 1. The van der Waals surface area contributed by atoms with Crippen LogP contribution in [0, 0.1) is 17.0 Å². The molecule has 1 aliphatic heterocycles. The van der Waals surface area contributed by atoms with Crippen molar-refractivity contribution < 1.29 is 19.3 Å². The zero-order valence-electron chi connectivity index (χ0n) is 16.2. The van der Waals surface area contributed by atoms with Gasteiger partial charge in [0.05, 0.1) is 9.83 Å². The molecule has 0 bridgehead atoms. The predicted octanol–water partition coefficient (Wildman–Crippen LogP) is 4.48. The molecule has 1 aromatic heterocycles. The minimum atomic E-state index is -0.623. The van der Waals surface area contributed by atoms with Crippen molar-refractivity contribution in [3.05, 3.63) is 71.8 Å². The molecule has 0 radical (unpaired) electrons. The summed E-state index contributed by atoms with van der Waals surface area (Å²) in [7, 11) is 0. The monoisotopic (exact) mass is 477 g/mol. The summed E-state index contributed by atoms with van der Waals surface area (Å²) in [4.78, 5) is 49.2. The van der Waals surface area contributed by atoms with Crippen LogP contribution < -0.4 is 5.32 Å². The van der Waals surface area contributed by atoms with Crippen LogP contribution in [0.4, 0.5) is 10.5 Å². The summed E-state index contributed by atoms with van der Waals surface area (Å²) < 4.78 is 0. The third kappa shape index (κ3) is 5.60. The molecule has 1 saturated heterocycles. The smallest absolute Gasteiger partial charge is 0.293 e. The van der Waals surface area contributed by atoms with Gasteiger partial charge in [-0.3, -0.25) is 29.4 Å². The molecule has 3 amide bonds. The number of imide groups is 1. The number of amides is 3. The average Bonchev–Trinajstić information content (AvgIpc) is 3.25. The van der Waals surface area contributed by atoms with Crippen molar-refractivity contribution >= 4 is 69.6 Å². The lowest BCUT2D eigenvalue weighted by Crippen LogP contribution is -2.36. The molecule has 0 aliphatic carbocycles. The van der Waals surface area contributed by atoms with Gasteiger partial charge in [-0.05, 0) is 59.5 Å². The Morgan fingerprint density at radius 1 is 1.32 bits per heavy atom. The van der Waals surface area contributed by atoms with Crippen LogP contribution in [0.25, 0.3) is 12.2 Å². The summed E-state index contributed by atoms with van der Waals surface area (Å²) in [6.45, 7) is 2.06. The van der Waals surface area contributed by atoms with E-state index in [0.717, 1.165) is 27.1 Å². The first-order valence-electron chi connectivity index (χ1n) is 8.95. The van der Waals surface area contributed by atoms with Crippen molar-refractivity contribution in [2.45, 2.75) is 6.92 Å². The van der Waals surface area contributed by atoms with Crippen LogP contribution in [-0.4, -0.2) is 40.0 Å². The number of nitrogens with zero attached hydrogens (tertiary/aromatic N) is 2. The first kappa shape index (κ1) is 22.7. The summed E-state index contributed by atoms with van der Waals surface area (Å²) in [5, 5.41) is 15.1. The van der Waals surface area contributed by atoms with Crippen molar-refractivity contribution in [1.82, 2.24) is 10.2 Å². The molecule has 11 heteroatoms. The molecule has 31 heavy (non-hydrogen) atoms. The van der Waals surface area contributed by atoms with E-state index in [4.69, 9.17) is 11.6 Å². The highest BCUT2D eigenvalue weighted by Crippen LogP contribution is 2.33. The molecule has 2 heterocycles.